The molecule has 1 amide bonds. The van der Waals surface area contributed by atoms with Gasteiger partial charge in [-0.05, 0) is 56.1 Å². The maximum absolute atomic E-state index is 13.4. The van der Waals surface area contributed by atoms with Gasteiger partial charge in [-0.2, -0.15) is 0 Å². The zero-order valence-electron chi connectivity index (χ0n) is 17.7. The van der Waals surface area contributed by atoms with E-state index in [9.17, 15) is 9.18 Å². The molecule has 3 heterocycles. The molecule has 1 unspecified atom stereocenters. The van der Waals surface area contributed by atoms with Gasteiger partial charge in [0, 0.05) is 25.7 Å². The molecule has 1 aliphatic heterocycles. The summed E-state index contributed by atoms with van der Waals surface area (Å²) in [7, 11) is 1.92. The predicted molar refractivity (Wildman–Crippen MR) is 115 cm³/mol. The summed E-state index contributed by atoms with van der Waals surface area (Å²) in [6.45, 7) is 1.62. The highest BCUT2D eigenvalue weighted by molar-refractivity contribution is 5.78. The minimum absolute atomic E-state index is 0.0630. The lowest BCUT2D eigenvalue weighted by atomic mass is 10.0. The number of nitrogens with zero attached hydrogens (tertiary/aromatic N) is 4. The highest BCUT2D eigenvalue weighted by Gasteiger charge is 2.31. The van der Waals surface area contributed by atoms with Crippen molar-refractivity contribution < 1.29 is 13.6 Å². The first-order valence-corrected chi connectivity index (χ1v) is 10.7. The van der Waals surface area contributed by atoms with E-state index in [1.54, 1.807) is 18.5 Å². The molecule has 0 radical (unpaired) electrons. The van der Waals surface area contributed by atoms with E-state index in [-0.39, 0.29) is 17.8 Å². The first-order valence-electron chi connectivity index (χ1n) is 10.7. The Morgan fingerprint density at radius 1 is 1.23 bits per heavy atom. The normalized spacial score (nSPS) is 16.6. The number of halogens is 1. The Kier molecular flexibility index (Phi) is 6.72. The van der Waals surface area contributed by atoms with Gasteiger partial charge >= 0.3 is 0 Å². The van der Waals surface area contributed by atoms with E-state index in [4.69, 9.17) is 4.42 Å². The lowest BCUT2D eigenvalue weighted by molar-refractivity contribution is -0.136. The van der Waals surface area contributed by atoms with E-state index in [2.05, 4.69) is 9.97 Å². The number of benzene rings is 1. The third-order valence-corrected chi connectivity index (χ3v) is 5.51. The lowest BCUT2D eigenvalue weighted by Gasteiger charge is -2.34. The number of rotatable bonds is 7. The number of hydrogen-bond acceptors (Lipinski definition) is 5. The summed E-state index contributed by atoms with van der Waals surface area (Å²) in [5, 5.41) is 0. The van der Waals surface area contributed by atoms with E-state index in [0.29, 0.717) is 37.7 Å². The molecule has 1 aromatic carbocycles. The number of amides is 1. The molecule has 1 atom stereocenters. The van der Waals surface area contributed by atoms with Crippen molar-refractivity contribution in [1.82, 2.24) is 19.8 Å². The number of hydrogen-bond donors (Lipinski definition) is 0. The molecule has 4 rings (SSSR count). The monoisotopic (exact) mass is 422 g/mol. The van der Waals surface area contributed by atoms with Gasteiger partial charge in [0.2, 0.25) is 11.8 Å². The van der Waals surface area contributed by atoms with Crippen LogP contribution in [0.15, 0.2) is 59.3 Å². The first-order chi connectivity index (χ1) is 15.1. The molecular weight excluding hydrogens is 395 g/mol. The van der Waals surface area contributed by atoms with Crippen LogP contribution in [0, 0.1) is 5.82 Å². The van der Waals surface area contributed by atoms with Crippen LogP contribution >= 0.6 is 0 Å². The van der Waals surface area contributed by atoms with Crippen LogP contribution in [-0.2, 0) is 17.8 Å². The number of oxazole rings is 1. The minimum atomic E-state index is -0.267. The van der Waals surface area contributed by atoms with Crippen molar-refractivity contribution in [2.24, 2.45) is 0 Å². The summed E-state index contributed by atoms with van der Waals surface area (Å²) in [4.78, 5) is 25.7. The molecule has 0 N–H and O–H groups in total. The Bertz CT molecular complexity index is 1010. The van der Waals surface area contributed by atoms with E-state index >= 15 is 0 Å². The second-order valence-corrected chi connectivity index (χ2v) is 8.06. The molecule has 2 aromatic heterocycles. The fourth-order valence-electron chi connectivity index (χ4n) is 4.04. The Hall–Kier alpha value is -3.06. The van der Waals surface area contributed by atoms with Gasteiger partial charge in [-0.25, -0.2) is 9.37 Å². The minimum Gasteiger partial charge on any atom is -0.443 e. The quantitative estimate of drug-likeness (QED) is 0.576. The molecule has 0 saturated carbocycles. The maximum atomic E-state index is 13.4. The van der Waals surface area contributed by atoms with Gasteiger partial charge in [0.1, 0.15) is 17.6 Å². The summed E-state index contributed by atoms with van der Waals surface area (Å²) in [6.07, 6.45) is 6.75. The van der Waals surface area contributed by atoms with Crippen molar-refractivity contribution in [3.63, 3.8) is 0 Å². The zero-order chi connectivity index (χ0) is 21.6. The Morgan fingerprint density at radius 3 is 2.94 bits per heavy atom. The van der Waals surface area contributed by atoms with Crippen molar-refractivity contribution in [2.75, 3.05) is 20.1 Å². The van der Waals surface area contributed by atoms with Crippen molar-refractivity contribution >= 4 is 5.91 Å². The zero-order valence-corrected chi connectivity index (χ0v) is 17.7. The van der Waals surface area contributed by atoms with Crippen LogP contribution < -0.4 is 0 Å². The molecular formula is C24H27FN4O2. The van der Waals surface area contributed by atoms with Crippen LogP contribution in [0.25, 0.3) is 0 Å². The van der Waals surface area contributed by atoms with Gasteiger partial charge in [-0.3, -0.25) is 14.7 Å². The molecule has 7 heteroatoms. The fraction of sp³-hybridized carbons (Fsp3) is 0.375. The average molecular weight is 423 g/mol. The van der Waals surface area contributed by atoms with Crippen LogP contribution in [0.3, 0.4) is 0 Å². The first kappa shape index (κ1) is 21.2. The van der Waals surface area contributed by atoms with Gasteiger partial charge in [0.25, 0.3) is 0 Å². The predicted octanol–water partition coefficient (Wildman–Crippen LogP) is 3.99. The summed E-state index contributed by atoms with van der Waals surface area (Å²) in [6, 6.07) is 12.1. The molecule has 1 fully saturated rings. The molecule has 6 nitrogen and oxygen atoms in total. The number of pyridine rings is 1. The largest absolute Gasteiger partial charge is 0.443 e. The Labute approximate surface area is 181 Å². The molecule has 0 aliphatic carbocycles. The van der Waals surface area contributed by atoms with E-state index in [0.717, 1.165) is 30.5 Å². The van der Waals surface area contributed by atoms with Crippen molar-refractivity contribution in [1.29, 1.82) is 0 Å². The van der Waals surface area contributed by atoms with Crippen LogP contribution in [0.4, 0.5) is 4.39 Å². The summed E-state index contributed by atoms with van der Waals surface area (Å²) in [5.41, 5.74) is 1.76. The third kappa shape index (κ3) is 5.55. The maximum Gasteiger partial charge on any atom is 0.237 e. The second-order valence-electron chi connectivity index (χ2n) is 8.06. The van der Waals surface area contributed by atoms with Gasteiger partial charge < -0.3 is 9.32 Å². The lowest BCUT2D eigenvalue weighted by Crippen LogP contribution is -2.43. The highest BCUT2D eigenvalue weighted by atomic mass is 19.1. The van der Waals surface area contributed by atoms with Gasteiger partial charge in [0.15, 0.2) is 0 Å². The van der Waals surface area contributed by atoms with Crippen LogP contribution in [0.5, 0.6) is 0 Å². The highest BCUT2D eigenvalue weighted by Crippen LogP contribution is 2.31. The van der Waals surface area contributed by atoms with E-state index < -0.39 is 0 Å². The molecule has 1 aliphatic rings. The molecule has 31 heavy (non-hydrogen) atoms. The van der Waals surface area contributed by atoms with E-state index in [1.807, 2.05) is 41.1 Å². The number of likely N-dealkylation sites (tertiary alicyclic amines) is 1. The van der Waals surface area contributed by atoms with Gasteiger partial charge in [-0.1, -0.05) is 18.2 Å². The van der Waals surface area contributed by atoms with Crippen LogP contribution in [0.1, 0.15) is 48.2 Å². The Morgan fingerprint density at radius 2 is 2.13 bits per heavy atom. The van der Waals surface area contributed by atoms with Gasteiger partial charge in [0.05, 0.1) is 18.4 Å². The third-order valence-electron chi connectivity index (χ3n) is 5.51. The fourth-order valence-corrected chi connectivity index (χ4v) is 4.04. The van der Waals surface area contributed by atoms with Crippen molar-refractivity contribution in [3.05, 3.63) is 83.6 Å². The summed E-state index contributed by atoms with van der Waals surface area (Å²) in [5.74, 6) is 1.03. The molecule has 162 valence electrons. The number of aromatic nitrogens is 2. The topological polar surface area (TPSA) is 62.5 Å². The smallest absolute Gasteiger partial charge is 0.237 e. The van der Waals surface area contributed by atoms with Crippen LogP contribution in [0.2, 0.25) is 0 Å². The van der Waals surface area contributed by atoms with Crippen molar-refractivity contribution in [3.8, 4) is 0 Å². The standard InChI is InChI=1S/C24H27FN4O2/c1-28(16-20-9-2-4-11-26-20)17-23(30)29-12-5-3-10-22(29)24-27-15-21(31-24)14-18-7-6-8-19(25)13-18/h2,4,6-9,11,13,15,22H,3,5,10,12,14,16-17H2,1H3. The molecule has 0 spiro atoms. The number of carbonyl (C=O) groups is 1. The SMILES string of the molecule is CN(CC(=O)N1CCCCC1c1ncc(Cc2cccc(F)c2)o1)Cc1ccccn1. The summed E-state index contributed by atoms with van der Waals surface area (Å²) < 4.78 is 19.4. The number of piperidine rings is 1. The van der Waals surface area contributed by atoms with Crippen molar-refractivity contribution in [2.45, 2.75) is 38.3 Å². The Balaban J connectivity index is 1.41. The average Bonchev–Trinajstić information content (AvgIpc) is 3.22. The molecule has 1 saturated heterocycles. The van der Waals surface area contributed by atoms with Gasteiger partial charge in [-0.15, -0.1) is 0 Å². The van der Waals surface area contributed by atoms with E-state index in [1.165, 1.54) is 12.1 Å². The number of carbonyl (C=O) groups excluding carboxylic acids is 1. The molecule has 0 bridgehead atoms. The second kappa shape index (κ2) is 9.83. The number of likely N-dealkylation sites (N-methyl/N-ethyl adjacent to an activating group) is 1. The molecule has 3 aromatic rings. The summed E-state index contributed by atoms with van der Waals surface area (Å²) >= 11 is 0. The van der Waals surface area contributed by atoms with Crippen LogP contribution in [-0.4, -0.2) is 45.8 Å².